The highest BCUT2D eigenvalue weighted by atomic mass is 32.2. The zero-order chi connectivity index (χ0) is 20.3. The van der Waals surface area contributed by atoms with Crippen LogP contribution in [0, 0.1) is 5.92 Å². The molecular formula is C20H28N2O5S. The van der Waals surface area contributed by atoms with E-state index in [1.165, 1.54) is 9.87 Å². The monoisotopic (exact) mass is 408 g/mol. The molecule has 8 heteroatoms. The maximum absolute atomic E-state index is 12.9. The van der Waals surface area contributed by atoms with Crippen molar-refractivity contribution in [2.24, 2.45) is 5.92 Å². The predicted molar refractivity (Wildman–Crippen MR) is 104 cm³/mol. The molecule has 1 fully saturated rings. The van der Waals surface area contributed by atoms with E-state index in [2.05, 4.69) is 5.32 Å². The van der Waals surface area contributed by atoms with Crippen LogP contribution in [0.15, 0.2) is 23.1 Å². The molecule has 1 aliphatic heterocycles. The number of rotatable bonds is 6. The summed E-state index contributed by atoms with van der Waals surface area (Å²) in [6.45, 7) is 3.93. The average Bonchev–Trinajstić information content (AvgIpc) is 3.13. The Bertz CT molecular complexity index is 842. The van der Waals surface area contributed by atoms with Gasteiger partial charge in [-0.25, -0.2) is 8.42 Å². The van der Waals surface area contributed by atoms with Gasteiger partial charge in [0.05, 0.1) is 11.0 Å². The minimum atomic E-state index is -3.54. The van der Waals surface area contributed by atoms with Crippen LogP contribution < -0.4 is 5.32 Å². The molecule has 1 aliphatic carbocycles. The fourth-order valence-electron chi connectivity index (χ4n) is 3.82. The van der Waals surface area contributed by atoms with Crippen LogP contribution in [-0.2, 0) is 37.2 Å². The first-order valence-electron chi connectivity index (χ1n) is 9.86. The van der Waals surface area contributed by atoms with Crippen LogP contribution in [0.3, 0.4) is 0 Å². The van der Waals surface area contributed by atoms with Gasteiger partial charge in [0.15, 0.2) is 0 Å². The second kappa shape index (κ2) is 8.61. The summed E-state index contributed by atoms with van der Waals surface area (Å²) in [6, 6.07) is 5.42. The fourth-order valence-corrected chi connectivity index (χ4v) is 5.35. The van der Waals surface area contributed by atoms with Crippen molar-refractivity contribution in [3.05, 3.63) is 29.3 Å². The second-order valence-corrected chi connectivity index (χ2v) is 9.66. The summed E-state index contributed by atoms with van der Waals surface area (Å²) in [6.07, 6.45) is 3.67. The number of ether oxygens (including phenoxy) is 1. The summed E-state index contributed by atoms with van der Waals surface area (Å²) >= 11 is 0. The van der Waals surface area contributed by atoms with E-state index in [1.54, 1.807) is 26.0 Å². The van der Waals surface area contributed by atoms with Crippen LogP contribution in [0.2, 0.25) is 0 Å². The Morgan fingerprint density at radius 3 is 2.54 bits per heavy atom. The average molecular weight is 409 g/mol. The second-order valence-electron chi connectivity index (χ2n) is 7.72. The third-order valence-corrected chi connectivity index (χ3v) is 7.20. The number of esters is 1. The Morgan fingerprint density at radius 1 is 1.18 bits per heavy atom. The lowest BCUT2D eigenvalue weighted by Gasteiger charge is -2.30. The van der Waals surface area contributed by atoms with Gasteiger partial charge in [-0.3, -0.25) is 9.59 Å². The molecule has 2 aliphatic rings. The molecule has 0 saturated carbocycles. The van der Waals surface area contributed by atoms with Crippen molar-refractivity contribution in [1.82, 2.24) is 9.62 Å². The Hall–Kier alpha value is -1.93. The Morgan fingerprint density at radius 2 is 1.86 bits per heavy atom. The highest BCUT2D eigenvalue weighted by molar-refractivity contribution is 7.89. The molecule has 0 radical (unpaired) electrons. The molecule has 28 heavy (non-hydrogen) atoms. The molecule has 1 N–H and O–H groups in total. The van der Waals surface area contributed by atoms with Crippen molar-refractivity contribution in [3.8, 4) is 0 Å². The maximum Gasteiger partial charge on any atom is 0.325 e. The van der Waals surface area contributed by atoms with Crippen molar-refractivity contribution >= 4 is 21.9 Å². The Balaban J connectivity index is 1.54. The van der Waals surface area contributed by atoms with E-state index in [-0.39, 0.29) is 24.5 Å². The molecular weight excluding hydrogens is 380 g/mol. The first-order valence-corrected chi connectivity index (χ1v) is 11.3. The number of piperidine rings is 1. The van der Waals surface area contributed by atoms with Gasteiger partial charge in [-0.1, -0.05) is 6.07 Å². The number of carbonyl (C=O) groups excluding carboxylic acids is 2. The molecule has 7 nitrogen and oxygen atoms in total. The highest BCUT2D eigenvalue weighted by Gasteiger charge is 2.32. The van der Waals surface area contributed by atoms with Crippen molar-refractivity contribution < 1.29 is 22.7 Å². The molecule has 1 heterocycles. The zero-order valence-corrected chi connectivity index (χ0v) is 17.3. The normalized spacial score (nSPS) is 18.1. The van der Waals surface area contributed by atoms with Crippen molar-refractivity contribution in [2.45, 2.75) is 57.0 Å². The van der Waals surface area contributed by atoms with Gasteiger partial charge in [0, 0.05) is 19.0 Å². The number of sulfonamides is 1. The first kappa shape index (κ1) is 20.8. The summed E-state index contributed by atoms with van der Waals surface area (Å²) in [5.41, 5.74) is 2.37. The number of nitrogens with zero attached hydrogens (tertiary/aromatic N) is 1. The molecule has 0 atom stereocenters. The van der Waals surface area contributed by atoms with E-state index in [0.717, 1.165) is 24.8 Å². The molecule has 1 saturated heterocycles. The predicted octanol–water partition coefficient (Wildman–Crippen LogP) is 1.64. The number of nitrogens with one attached hydrogen (secondary N) is 1. The SMILES string of the molecule is CC(C)OC(=O)CNC(=O)C1CCN(S(=O)(=O)c2ccc3c(c2)CCC3)CC1. The molecule has 1 aromatic carbocycles. The fraction of sp³-hybridized carbons (Fsp3) is 0.600. The van der Waals surface area contributed by atoms with Crippen LogP contribution in [0.1, 0.15) is 44.2 Å². The van der Waals surface area contributed by atoms with Crippen LogP contribution >= 0.6 is 0 Å². The van der Waals surface area contributed by atoms with Gasteiger partial charge in [0.1, 0.15) is 6.54 Å². The van der Waals surface area contributed by atoms with E-state index < -0.39 is 16.0 Å². The molecule has 0 bridgehead atoms. The van der Waals surface area contributed by atoms with Crippen LogP contribution in [-0.4, -0.2) is 50.3 Å². The summed E-state index contributed by atoms with van der Waals surface area (Å²) in [5.74, 6) is -0.992. The smallest absolute Gasteiger partial charge is 0.325 e. The summed E-state index contributed by atoms with van der Waals surface area (Å²) < 4.78 is 32.3. The lowest BCUT2D eigenvalue weighted by atomic mass is 9.97. The van der Waals surface area contributed by atoms with Gasteiger partial charge >= 0.3 is 5.97 Å². The van der Waals surface area contributed by atoms with Gasteiger partial charge < -0.3 is 10.1 Å². The van der Waals surface area contributed by atoms with Crippen LogP contribution in [0.25, 0.3) is 0 Å². The third-order valence-electron chi connectivity index (χ3n) is 5.31. The summed E-state index contributed by atoms with van der Waals surface area (Å²) in [7, 11) is -3.54. The van der Waals surface area contributed by atoms with Crippen LogP contribution in [0.5, 0.6) is 0 Å². The minimum Gasteiger partial charge on any atom is -0.462 e. The lowest BCUT2D eigenvalue weighted by molar-refractivity contribution is -0.147. The number of aryl methyl sites for hydroxylation is 2. The van der Waals surface area contributed by atoms with Crippen molar-refractivity contribution in [2.75, 3.05) is 19.6 Å². The standard InChI is InChI=1S/C20H28N2O5S/c1-14(2)27-19(23)13-21-20(24)16-8-10-22(11-9-16)28(25,26)18-7-6-15-4-3-5-17(15)12-18/h6-7,12,14,16H,3-5,8-11,13H2,1-2H3,(H,21,24). The number of amides is 1. The van der Waals surface area contributed by atoms with Gasteiger partial charge in [0.2, 0.25) is 15.9 Å². The van der Waals surface area contributed by atoms with Gasteiger partial charge in [-0.2, -0.15) is 4.31 Å². The molecule has 0 aromatic heterocycles. The van der Waals surface area contributed by atoms with E-state index in [9.17, 15) is 18.0 Å². The largest absolute Gasteiger partial charge is 0.462 e. The Labute approximate surface area is 166 Å². The number of benzene rings is 1. The number of hydrogen-bond acceptors (Lipinski definition) is 5. The molecule has 1 amide bonds. The van der Waals surface area contributed by atoms with Crippen LogP contribution in [0.4, 0.5) is 0 Å². The van der Waals surface area contributed by atoms with E-state index >= 15 is 0 Å². The number of fused-ring (bicyclic) bond motifs is 1. The number of hydrogen-bond donors (Lipinski definition) is 1. The van der Waals surface area contributed by atoms with E-state index in [4.69, 9.17) is 4.74 Å². The van der Waals surface area contributed by atoms with Crippen molar-refractivity contribution in [3.63, 3.8) is 0 Å². The topological polar surface area (TPSA) is 92.8 Å². The van der Waals surface area contributed by atoms with E-state index in [1.807, 2.05) is 6.07 Å². The molecule has 154 valence electrons. The van der Waals surface area contributed by atoms with E-state index in [0.29, 0.717) is 30.8 Å². The summed E-state index contributed by atoms with van der Waals surface area (Å²) in [5, 5.41) is 2.59. The molecule has 1 aromatic rings. The van der Waals surface area contributed by atoms with Gasteiger partial charge in [-0.15, -0.1) is 0 Å². The molecule has 0 spiro atoms. The zero-order valence-electron chi connectivity index (χ0n) is 16.4. The molecule has 3 rings (SSSR count). The minimum absolute atomic E-state index is 0.162. The van der Waals surface area contributed by atoms with Gasteiger partial charge in [0.25, 0.3) is 0 Å². The lowest BCUT2D eigenvalue weighted by Crippen LogP contribution is -2.44. The number of carbonyl (C=O) groups is 2. The summed E-state index contributed by atoms with van der Waals surface area (Å²) in [4.78, 5) is 24.1. The first-order chi connectivity index (χ1) is 13.3. The third kappa shape index (κ3) is 4.72. The van der Waals surface area contributed by atoms with Gasteiger partial charge in [-0.05, 0) is 69.2 Å². The maximum atomic E-state index is 12.9. The highest BCUT2D eigenvalue weighted by Crippen LogP contribution is 2.28. The Kier molecular flexibility index (Phi) is 6.40. The molecule has 0 unspecified atom stereocenters. The quantitative estimate of drug-likeness (QED) is 0.723. The van der Waals surface area contributed by atoms with Crippen molar-refractivity contribution in [1.29, 1.82) is 0 Å².